The molecule has 0 nitrogen and oxygen atoms in total. The molecular weight excluding hydrogens is 338 g/mol. The molecule has 0 heterocycles. The predicted molar refractivity (Wildman–Crippen MR) is 110 cm³/mol. The fourth-order valence-electron chi connectivity index (χ4n) is 5.73. The van der Waals surface area contributed by atoms with E-state index in [9.17, 15) is 8.78 Å². The summed E-state index contributed by atoms with van der Waals surface area (Å²) in [6.07, 6.45) is 15.4. The Morgan fingerprint density at radius 2 is 1.33 bits per heavy atom. The summed E-state index contributed by atoms with van der Waals surface area (Å²) in [6, 6.07) is 3.27. The topological polar surface area (TPSA) is 0 Å². The molecule has 0 radical (unpaired) electrons. The van der Waals surface area contributed by atoms with Gasteiger partial charge in [-0.2, -0.15) is 0 Å². The molecule has 2 saturated carbocycles. The Balaban J connectivity index is 1.53. The van der Waals surface area contributed by atoms with E-state index in [0.717, 1.165) is 49.0 Å². The van der Waals surface area contributed by atoms with Crippen LogP contribution in [0.2, 0.25) is 0 Å². The minimum atomic E-state index is -0.324. The van der Waals surface area contributed by atoms with E-state index in [4.69, 9.17) is 0 Å². The highest BCUT2D eigenvalue weighted by atomic mass is 19.1. The molecule has 0 atom stereocenters. The number of halogens is 2. The lowest BCUT2D eigenvalue weighted by Gasteiger charge is -2.38. The highest BCUT2D eigenvalue weighted by molar-refractivity contribution is 5.29. The SMILES string of the molecule is CCCCc1c(F)cc([C@H]2CC[C@H]([C@H]3CC[C@H](CCC)CC3)CC2)cc1F. The molecule has 27 heavy (non-hydrogen) atoms. The lowest BCUT2D eigenvalue weighted by Crippen LogP contribution is -2.25. The Morgan fingerprint density at radius 1 is 0.778 bits per heavy atom. The first kappa shape index (κ1) is 20.8. The van der Waals surface area contributed by atoms with Gasteiger partial charge in [-0.1, -0.05) is 46.0 Å². The molecule has 2 heteroatoms. The van der Waals surface area contributed by atoms with Gasteiger partial charge in [-0.25, -0.2) is 8.78 Å². The molecule has 0 bridgehead atoms. The van der Waals surface area contributed by atoms with Gasteiger partial charge in [0.05, 0.1) is 0 Å². The van der Waals surface area contributed by atoms with Crippen LogP contribution in [-0.2, 0) is 6.42 Å². The number of rotatable bonds is 7. The van der Waals surface area contributed by atoms with Gasteiger partial charge in [0.15, 0.2) is 0 Å². The molecule has 1 aromatic rings. The summed E-state index contributed by atoms with van der Waals surface area (Å²) >= 11 is 0. The van der Waals surface area contributed by atoms with E-state index in [0.29, 0.717) is 12.3 Å². The van der Waals surface area contributed by atoms with Gasteiger partial charge in [0, 0.05) is 5.56 Å². The number of benzene rings is 1. The van der Waals surface area contributed by atoms with E-state index in [1.807, 2.05) is 0 Å². The minimum absolute atomic E-state index is 0.290. The zero-order valence-electron chi connectivity index (χ0n) is 17.4. The molecule has 152 valence electrons. The van der Waals surface area contributed by atoms with Crippen molar-refractivity contribution in [3.05, 3.63) is 34.9 Å². The molecule has 0 N–H and O–H groups in total. The summed E-state index contributed by atoms with van der Waals surface area (Å²) < 4.78 is 28.8. The fraction of sp³-hybridized carbons (Fsp3) is 0.760. The third-order valence-electron chi connectivity index (χ3n) is 7.44. The zero-order chi connectivity index (χ0) is 19.2. The van der Waals surface area contributed by atoms with Crippen molar-refractivity contribution in [3.8, 4) is 0 Å². The molecule has 1 aromatic carbocycles. The highest BCUT2D eigenvalue weighted by Crippen LogP contribution is 2.44. The first-order valence-electron chi connectivity index (χ1n) is 11.6. The Hall–Kier alpha value is -0.920. The van der Waals surface area contributed by atoms with E-state index >= 15 is 0 Å². The van der Waals surface area contributed by atoms with E-state index in [-0.39, 0.29) is 17.2 Å². The maximum Gasteiger partial charge on any atom is 0.129 e. The smallest absolute Gasteiger partial charge is 0.129 e. The van der Waals surface area contributed by atoms with Crippen LogP contribution in [0.1, 0.15) is 108 Å². The van der Waals surface area contributed by atoms with Crippen LogP contribution < -0.4 is 0 Å². The monoisotopic (exact) mass is 376 g/mol. The molecule has 0 unspecified atom stereocenters. The molecule has 3 rings (SSSR count). The van der Waals surface area contributed by atoms with Crippen LogP contribution in [0, 0.1) is 29.4 Å². The second-order valence-corrected chi connectivity index (χ2v) is 9.25. The van der Waals surface area contributed by atoms with Gasteiger partial charge in [-0.05, 0) is 92.7 Å². The van der Waals surface area contributed by atoms with Gasteiger partial charge in [-0.15, -0.1) is 0 Å². The zero-order valence-corrected chi connectivity index (χ0v) is 17.4. The lowest BCUT2D eigenvalue weighted by atomic mass is 9.68. The molecule has 2 aliphatic carbocycles. The van der Waals surface area contributed by atoms with Crippen molar-refractivity contribution in [2.45, 2.75) is 103 Å². The van der Waals surface area contributed by atoms with Gasteiger partial charge in [0.1, 0.15) is 11.6 Å². The van der Waals surface area contributed by atoms with Crippen molar-refractivity contribution in [1.82, 2.24) is 0 Å². The van der Waals surface area contributed by atoms with E-state index < -0.39 is 0 Å². The van der Waals surface area contributed by atoms with Gasteiger partial charge < -0.3 is 0 Å². The number of hydrogen-bond acceptors (Lipinski definition) is 0. The van der Waals surface area contributed by atoms with Crippen molar-refractivity contribution in [3.63, 3.8) is 0 Å². The van der Waals surface area contributed by atoms with E-state index in [1.165, 1.54) is 51.4 Å². The van der Waals surface area contributed by atoms with Crippen LogP contribution in [-0.4, -0.2) is 0 Å². The summed E-state index contributed by atoms with van der Waals surface area (Å²) in [5, 5.41) is 0. The van der Waals surface area contributed by atoms with Crippen LogP contribution in [0.4, 0.5) is 8.78 Å². The fourth-order valence-corrected chi connectivity index (χ4v) is 5.73. The van der Waals surface area contributed by atoms with Gasteiger partial charge >= 0.3 is 0 Å². The lowest BCUT2D eigenvalue weighted by molar-refractivity contribution is 0.156. The Bertz CT molecular complexity index is 555. The van der Waals surface area contributed by atoms with Crippen LogP contribution in [0.5, 0.6) is 0 Å². The first-order chi connectivity index (χ1) is 13.1. The average molecular weight is 377 g/mol. The highest BCUT2D eigenvalue weighted by Gasteiger charge is 2.31. The summed E-state index contributed by atoms with van der Waals surface area (Å²) in [7, 11) is 0. The molecule has 2 fully saturated rings. The standard InChI is InChI=1S/C25H38F2/c1-3-5-7-23-24(26)16-22(17-25(23)27)21-14-12-20(13-15-21)19-10-8-18(6-4-2)9-11-19/h16-21H,3-15H2,1-2H3/t18-,19-,20-,21-. The molecule has 2 aliphatic rings. The number of hydrogen-bond donors (Lipinski definition) is 0. The van der Waals surface area contributed by atoms with Crippen molar-refractivity contribution < 1.29 is 8.78 Å². The van der Waals surface area contributed by atoms with Crippen molar-refractivity contribution >= 4 is 0 Å². The largest absolute Gasteiger partial charge is 0.207 e. The maximum absolute atomic E-state index is 14.4. The second-order valence-electron chi connectivity index (χ2n) is 9.25. The predicted octanol–water partition coefficient (Wildman–Crippen LogP) is 8.19. The molecule has 0 amide bonds. The summed E-state index contributed by atoms with van der Waals surface area (Å²) in [6.45, 7) is 4.36. The van der Waals surface area contributed by atoms with Gasteiger partial charge in [0.25, 0.3) is 0 Å². The summed E-state index contributed by atoms with van der Waals surface area (Å²) in [5.41, 5.74) is 1.19. The normalized spacial score (nSPS) is 29.0. The Morgan fingerprint density at radius 3 is 1.85 bits per heavy atom. The van der Waals surface area contributed by atoms with Crippen LogP contribution in [0.15, 0.2) is 12.1 Å². The average Bonchev–Trinajstić information content (AvgIpc) is 2.68. The molecular formula is C25H38F2. The second kappa shape index (κ2) is 10.0. The molecule has 0 aliphatic heterocycles. The summed E-state index contributed by atoms with van der Waals surface area (Å²) in [4.78, 5) is 0. The van der Waals surface area contributed by atoms with Gasteiger partial charge in [0.2, 0.25) is 0 Å². The van der Waals surface area contributed by atoms with Crippen LogP contribution >= 0.6 is 0 Å². The summed E-state index contributed by atoms with van der Waals surface area (Å²) in [5.74, 6) is 2.43. The van der Waals surface area contributed by atoms with Crippen LogP contribution in [0.25, 0.3) is 0 Å². The molecule has 0 aromatic heterocycles. The van der Waals surface area contributed by atoms with E-state index in [1.54, 1.807) is 12.1 Å². The first-order valence-corrected chi connectivity index (χ1v) is 11.6. The van der Waals surface area contributed by atoms with Crippen molar-refractivity contribution in [2.75, 3.05) is 0 Å². The maximum atomic E-state index is 14.4. The third-order valence-corrected chi connectivity index (χ3v) is 7.44. The van der Waals surface area contributed by atoms with Crippen molar-refractivity contribution in [1.29, 1.82) is 0 Å². The van der Waals surface area contributed by atoms with Crippen LogP contribution in [0.3, 0.4) is 0 Å². The third kappa shape index (κ3) is 5.33. The molecule has 0 saturated heterocycles. The quantitative estimate of drug-likeness (QED) is 0.450. The number of unbranched alkanes of at least 4 members (excludes halogenated alkanes) is 1. The Labute approximate surface area is 165 Å². The minimum Gasteiger partial charge on any atom is -0.207 e. The van der Waals surface area contributed by atoms with E-state index in [2.05, 4.69) is 13.8 Å². The Kier molecular flexibility index (Phi) is 7.73. The molecule has 0 spiro atoms. The van der Waals surface area contributed by atoms with Gasteiger partial charge in [-0.3, -0.25) is 0 Å². The van der Waals surface area contributed by atoms with Crippen molar-refractivity contribution in [2.24, 2.45) is 17.8 Å².